The summed E-state index contributed by atoms with van der Waals surface area (Å²) in [5.74, 6) is -0.0794. The number of hydrogen-bond donors (Lipinski definition) is 1. The summed E-state index contributed by atoms with van der Waals surface area (Å²) in [7, 11) is 0. The number of carboxylic acids is 1. The molecule has 0 radical (unpaired) electrons. The van der Waals surface area contributed by atoms with E-state index >= 15 is 0 Å². The topological polar surface area (TPSA) is 59.4 Å². The molecule has 2 saturated carbocycles. The van der Waals surface area contributed by atoms with Crippen LogP contribution in [-0.4, -0.2) is 22.2 Å². The smallest absolute Gasteiger partial charge is 0.307 e. The predicted octanol–water partition coefficient (Wildman–Crippen LogP) is 2.86. The molecule has 1 N–H and O–H groups in total. The lowest BCUT2D eigenvalue weighted by Gasteiger charge is -2.17. The van der Waals surface area contributed by atoms with Gasteiger partial charge in [-0.05, 0) is 48.9 Å². The molecule has 4 nitrogen and oxygen atoms in total. The molecule has 1 aromatic heterocycles. The highest BCUT2D eigenvalue weighted by atomic mass is 19.1. The summed E-state index contributed by atoms with van der Waals surface area (Å²) in [6, 6.07) is 6.17. The molecule has 4 rings (SSSR count). The number of ether oxygens (including phenoxy) is 1. The van der Waals surface area contributed by atoms with E-state index in [9.17, 15) is 9.18 Å². The highest BCUT2D eigenvalue weighted by Crippen LogP contribution is 2.58. The van der Waals surface area contributed by atoms with Crippen LogP contribution in [-0.2, 0) is 4.79 Å². The zero-order valence-electron chi connectivity index (χ0n) is 11.2. The lowest BCUT2D eigenvalue weighted by molar-refractivity contribution is -0.139. The number of carbonyl (C=O) groups is 1. The minimum atomic E-state index is -0.695. The number of carboxylic acid groups (broad SMARTS) is 1. The van der Waals surface area contributed by atoms with Crippen LogP contribution in [0.5, 0.6) is 5.75 Å². The number of pyridine rings is 1. The predicted molar refractivity (Wildman–Crippen MR) is 73.5 cm³/mol. The van der Waals surface area contributed by atoms with Crippen molar-refractivity contribution in [2.45, 2.75) is 18.9 Å². The lowest BCUT2D eigenvalue weighted by Crippen LogP contribution is -2.18. The van der Waals surface area contributed by atoms with Crippen molar-refractivity contribution in [2.75, 3.05) is 0 Å². The summed E-state index contributed by atoms with van der Waals surface area (Å²) in [4.78, 5) is 15.2. The van der Waals surface area contributed by atoms with E-state index in [1.807, 2.05) is 0 Å². The van der Waals surface area contributed by atoms with E-state index < -0.39 is 5.97 Å². The second-order valence-electron chi connectivity index (χ2n) is 5.87. The van der Waals surface area contributed by atoms with Gasteiger partial charge in [-0.3, -0.25) is 9.78 Å². The summed E-state index contributed by atoms with van der Waals surface area (Å²) in [6.07, 6.45) is 3.19. The normalized spacial score (nSPS) is 30.1. The van der Waals surface area contributed by atoms with Gasteiger partial charge in [0.1, 0.15) is 11.6 Å². The maximum Gasteiger partial charge on any atom is 0.307 e. The van der Waals surface area contributed by atoms with Crippen molar-refractivity contribution in [3.8, 4) is 5.75 Å². The molecule has 0 bridgehead atoms. The number of benzene rings is 1. The van der Waals surface area contributed by atoms with Crippen LogP contribution >= 0.6 is 0 Å². The lowest BCUT2D eigenvalue weighted by atomic mass is 10.1. The standard InChI is InChI=1S/C16H14FNO3/c17-8-1-2-13-12(5-8)14(3-4-18-13)21-9-6-10-11(7-9)15(10)16(19)20/h1-5,9-11,15H,6-7H2,(H,19,20)/t9?,10-,11+,15?. The molecule has 2 aliphatic rings. The van der Waals surface area contributed by atoms with Crippen LogP contribution in [0.25, 0.3) is 10.9 Å². The molecular formula is C16H14FNO3. The van der Waals surface area contributed by atoms with Gasteiger partial charge in [-0.1, -0.05) is 0 Å². The Morgan fingerprint density at radius 3 is 2.76 bits per heavy atom. The second-order valence-corrected chi connectivity index (χ2v) is 5.87. The van der Waals surface area contributed by atoms with Crippen LogP contribution in [0, 0.1) is 23.6 Å². The molecule has 1 heterocycles. The average Bonchev–Trinajstić information content (AvgIpc) is 2.97. The third-order valence-corrected chi connectivity index (χ3v) is 4.64. The molecule has 0 saturated heterocycles. The molecule has 2 unspecified atom stereocenters. The van der Waals surface area contributed by atoms with Crippen molar-refractivity contribution in [3.05, 3.63) is 36.3 Å². The van der Waals surface area contributed by atoms with E-state index in [0.29, 0.717) is 16.7 Å². The molecule has 5 heteroatoms. The van der Waals surface area contributed by atoms with Crippen molar-refractivity contribution in [2.24, 2.45) is 17.8 Å². The first-order chi connectivity index (χ1) is 10.1. The first-order valence-electron chi connectivity index (χ1n) is 7.07. The Morgan fingerprint density at radius 1 is 1.29 bits per heavy atom. The highest BCUT2D eigenvalue weighted by Gasteiger charge is 2.60. The number of fused-ring (bicyclic) bond motifs is 2. The summed E-state index contributed by atoms with van der Waals surface area (Å²) in [5, 5.41) is 9.68. The minimum Gasteiger partial charge on any atom is -0.490 e. The molecule has 4 atom stereocenters. The SMILES string of the molecule is O=C(O)C1[C@H]2CC(Oc3ccnc4ccc(F)cc34)C[C@@H]12. The Bertz CT molecular complexity index is 721. The van der Waals surface area contributed by atoms with Crippen LogP contribution in [0.15, 0.2) is 30.5 Å². The summed E-state index contributed by atoms with van der Waals surface area (Å²) >= 11 is 0. The van der Waals surface area contributed by atoms with Crippen LogP contribution in [0.2, 0.25) is 0 Å². The Labute approximate surface area is 120 Å². The fourth-order valence-electron chi connectivity index (χ4n) is 3.63. The molecule has 21 heavy (non-hydrogen) atoms. The number of aromatic nitrogens is 1. The summed E-state index contributed by atoms with van der Waals surface area (Å²) in [5.41, 5.74) is 0.695. The van der Waals surface area contributed by atoms with Crippen molar-refractivity contribution < 1.29 is 19.0 Å². The number of aliphatic carboxylic acids is 1. The molecule has 2 aromatic rings. The molecular weight excluding hydrogens is 273 g/mol. The maximum absolute atomic E-state index is 13.4. The van der Waals surface area contributed by atoms with Gasteiger partial charge < -0.3 is 9.84 Å². The van der Waals surface area contributed by atoms with Gasteiger partial charge in [0.25, 0.3) is 0 Å². The molecule has 2 fully saturated rings. The van der Waals surface area contributed by atoms with Gasteiger partial charge in [0.05, 0.1) is 17.5 Å². The van der Waals surface area contributed by atoms with Gasteiger partial charge in [0.15, 0.2) is 0 Å². The van der Waals surface area contributed by atoms with E-state index in [0.717, 1.165) is 12.8 Å². The minimum absolute atomic E-state index is 0.0180. The summed E-state index contributed by atoms with van der Waals surface area (Å²) in [6.45, 7) is 0. The second kappa shape index (κ2) is 4.41. The first-order valence-corrected chi connectivity index (χ1v) is 7.07. The van der Waals surface area contributed by atoms with E-state index in [1.54, 1.807) is 18.3 Å². The molecule has 108 valence electrons. The third kappa shape index (κ3) is 2.04. The number of hydrogen-bond acceptors (Lipinski definition) is 3. The van der Waals surface area contributed by atoms with Gasteiger partial charge in [-0.25, -0.2) is 4.39 Å². The molecule has 0 spiro atoms. The van der Waals surface area contributed by atoms with E-state index in [-0.39, 0.29) is 29.7 Å². The Kier molecular flexibility index (Phi) is 2.64. The van der Waals surface area contributed by atoms with Gasteiger partial charge in [0.2, 0.25) is 0 Å². The molecule has 0 amide bonds. The van der Waals surface area contributed by atoms with Crippen LogP contribution in [0.1, 0.15) is 12.8 Å². The number of rotatable bonds is 3. The Hall–Kier alpha value is -2.17. The van der Waals surface area contributed by atoms with Gasteiger partial charge in [-0.2, -0.15) is 0 Å². The monoisotopic (exact) mass is 287 g/mol. The fraction of sp³-hybridized carbons (Fsp3) is 0.375. The molecule has 0 aliphatic heterocycles. The quantitative estimate of drug-likeness (QED) is 0.943. The van der Waals surface area contributed by atoms with E-state index in [2.05, 4.69) is 4.98 Å². The van der Waals surface area contributed by atoms with E-state index in [4.69, 9.17) is 9.84 Å². The van der Waals surface area contributed by atoms with Gasteiger partial charge >= 0.3 is 5.97 Å². The highest BCUT2D eigenvalue weighted by molar-refractivity contribution is 5.84. The van der Waals surface area contributed by atoms with Crippen LogP contribution in [0.3, 0.4) is 0 Å². The average molecular weight is 287 g/mol. The maximum atomic E-state index is 13.4. The summed E-state index contributed by atoms with van der Waals surface area (Å²) < 4.78 is 19.4. The molecule has 2 aliphatic carbocycles. The third-order valence-electron chi connectivity index (χ3n) is 4.64. The Balaban J connectivity index is 1.54. The van der Waals surface area contributed by atoms with Crippen molar-refractivity contribution in [1.29, 1.82) is 0 Å². The van der Waals surface area contributed by atoms with Crippen molar-refractivity contribution in [1.82, 2.24) is 4.98 Å². The zero-order chi connectivity index (χ0) is 14.6. The molecule has 1 aromatic carbocycles. The van der Waals surface area contributed by atoms with Gasteiger partial charge in [0, 0.05) is 11.6 Å². The van der Waals surface area contributed by atoms with Crippen LogP contribution < -0.4 is 4.74 Å². The fourth-order valence-corrected chi connectivity index (χ4v) is 3.63. The largest absolute Gasteiger partial charge is 0.490 e. The van der Waals surface area contributed by atoms with Gasteiger partial charge in [-0.15, -0.1) is 0 Å². The zero-order valence-corrected chi connectivity index (χ0v) is 11.2. The van der Waals surface area contributed by atoms with E-state index in [1.165, 1.54) is 12.1 Å². The number of halogens is 1. The van der Waals surface area contributed by atoms with Crippen molar-refractivity contribution >= 4 is 16.9 Å². The number of nitrogens with zero attached hydrogens (tertiary/aromatic N) is 1. The Morgan fingerprint density at radius 2 is 2.05 bits per heavy atom. The van der Waals surface area contributed by atoms with Crippen LogP contribution in [0.4, 0.5) is 4.39 Å². The van der Waals surface area contributed by atoms with Crippen molar-refractivity contribution in [3.63, 3.8) is 0 Å². The first kappa shape index (κ1) is 12.6.